The van der Waals surface area contributed by atoms with Crippen molar-refractivity contribution in [3.8, 4) is 0 Å². The number of nitrogens with one attached hydrogen (secondary N) is 1. The van der Waals surface area contributed by atoms with Gasteiger partial charge >= 0.3 is 0 Å². The zero-order valence-electron chi connectivity index (χ0n) is 11.7. The maximum absolute atomic E-state index is 12.7. The van der Waals surface area contributed by atoms with Crippen molar-refractivity contribution in [2.45, 2.75) is 37.8 Å². The number of nitrogens with two attached hydrogens (primary N) is 1. The zero-order valence-corrected chi connectivity index (χ0v) is 12.5. The number of carbonyl (C=O) groups is 1. The normalized spacial score (nSPS) is 25.3. The average Bonchev–Trinajstić information content (AvgIpc) is 2.53. The van der Waals surface area contributed by atoms with E-state index in [2.05, 4.69) is 10.4 Å². The van der Waals surface area contributed by atoms with Gasteiger partial charge in [-0.05, 0) is 18.9 Å². The summed E-state index contributed by atoms with van der Waals surface area (Å²) in [6, 6.07) is 1.78. The van der Waals surface area contributed by atoms with Gasteiger partial charge in [0.2, 0.25) is 0 Å². The first-order chi connectivity index (χ1) is 10.2. The molecule has 2 aliphatic rings. The van der Waals surface area contributed by atoms with Gasteiger partial charge in [-0.25, -0.2) is 10.8 Å². The average molecular weight is 311 g/mol. The van der Waals surface area contributed by atoms with Crippen LogP contribution in [0.15, 0.2) is 12.3 Å². The summed E-state index contributed by atoms with van der Waals surface area (Å²) in [5.74, 6) is 5.63. The number of aromatic nitrogens is 1. The third-order valence-electron chi connectivity index (χ3n) is 4.22. The Labute approximate surface area is 128 Å². The fraction of sp³-hybridized carbons (Fsp3) is 0.571. The highest BCUT2D eigenvalue weighted by molar-refractivity contribution is 6.33. The van der Waals surface area contributed by atoms with Crippen LogP contribution < -0.4 is 11.3 Å². The second kappa shape index (κ2) is 6.17. The van der Waals surface area contributed by atoms with Crippen molar-refractivity contribution in [2.75, 3.05) is 18.6 Å². The Morgan fingerprint density at radius 2 is 2.29 bits per heavy atom. The summed E-state index contributed by atoms with van der Waals surface area (Å²) in [6.07, 6.45) is 6.03. The maximum atomic E-state index is 12.7. The van der Waals surface area contributed by atoms with Gasteiger partial charge in [-0.2, -0.15) is 0 Å². The molecule has 1 aromatic rings. The van der Waals surface area contributed by atoms with Crippen LogP contribution in [0.5, 0.6) is 0 Å². The van der Waals surface area contributed by atoms with E-state index in [0.717, 1.165) is 19.3 Å². The molecule has 3 N–H and O–H groups in total. The molecule has 0 spiro atoms. The molecule has 1 aromatic heterocycles. The van der Waals surface area contributed by atoms with Gasteiger partial charge in [0.25, 0.3) is 5.91 Å². The number of amides is 1. The van der Waals surface area contributed by atoms with E-state index in [9.17, 15) is 4.79 Å². The van der Waals surface area contributed by atoms with Gasteiger partial charge in [0, 0.05) is 12.7 Å². The smallest absolute Gasteiger partial charge is 0.255 e. The van der Waals surface area contributed by atoms with Crippen molar-refractivity contribution in [1.82, 2.24) is 9.88 Å². The van der Waals surface area contributed by atoms with E-state index in [4.69, 9.17) is 22.2 Å². The Hall–Kier alpha value is -1.37. The van der Waals surface area contributed by atoms with Crippen molar-refractivity contribution < 1.29 is 9.53 Å². The predicted molar refractivity (Wildman–Crippen MR) is 80.1 cm³/mol. The van der Waals surface area contributed by atoms with Crippen molar-refractivity contribution in [2.24, 2.45) is 5.84 Å². The van der Waals surface area contributed by atoms with Crippen LogP contribution >= 0.6 is 11.6 Å². The molecular weight excluding hydrogens is 292 g/mol. The van der Waals surface area contributed by atoms with Crippen molar-refractivity contribution in [3.63, 3.8) is 0 Å². The number of fused-ring (bicyclic) bond motifs is 1. The minimum atomic E-state index is -0.0341. The Balaban J connectivity index is 1.81. The molecule has 2 heterocycles. The number of morpholine rings is 1. The molecule has 2 unspecified atom stereocenters. The molecule has 0 bridgehead atoms. The fourth-order valence-corrected chi connectivity index (χ4v) is 3.40. The van der Waals surface area contributed by atoms with Gasteiger partial charge in [0.05, 0.1) is 29.3 Å². The number of hydrogen-bond donors (Lipinski definition) is 2. The van der Waals surface area contributed by atoms with Gasteiger partial charge in [-0.3, -0.25) is 4.79 Å². The van der Waals surface area contributed by atoms with Crippen LogP contribution in [0.1, 0.15) is 36.0 Å². The number of rotatable bonds is 2. The van der Waals surface area contributed by atoms with Gasteiger partial charge < -0.3 is 15.1 Å². The quantitative estimate of drug-likeness (QED) is 0.643. The van der Waals surface area contributed by atoms with Gasteiger partial charge in [-0.15, -0.1) is 0 Å². The molecule has 1 saturated heterocycles. The monoisotopic (exact) mass is 310 g/mol. The molecule has 1 saturated carbocycles. The molecule has 1 aliphatic heterocycles. The van der Waals surface area contributed by atoms with E-state index >= 15 is 0 Å². The summed E-state index contributed by atoms with van der Waals surface area (Å²) in [5.41, 5.74) is 2.89. The summed E-state index contributed by atoms with van der Waals surface area (Å²) in [6.45, 7) is 1.21. The highest BCUT2D eigenvalue weighted by atomic mass is 35.5. The number of carbonyl (C=O) groups excluding carboxylic acids is 1. The van der Waals surface area contributed by atoms with E-state index in [1.54, 1.807) is 6.07 Å². The lowest BCUT2D eigenvalue weighted by Gasteiger charge is -2.43. The Morgan fingerprint density at radius 1 is 1.48 bits per heavy atom. The molecule has 2 fully saturated rings. The van der Waals surface area contributed by atoms with Crippen LogP contribution in [0.3, 0.4) is 0 Å². The number of halogens is 1. The topological polar surface area (TPSA) is 80.5 Å². The standard InChI is InChI=1S/C14H19ClN4O2/c15-10-7-9(8-17-13(10)18-16)14(20)19-5-6-21-12-4-2-1-3-11(12)19/h7-8,11-12H,1-6,16H2,(H,17,18). The van der Waals surface area contributed by atoms with Crippen molar-refractivity contribution in [3.05, 3.63) is 22.8 Å². The van der Waals surface area contributed by atoms with E-state index in [1.165, 1.54) is 12.6 Å². The first-order valence-electron chi connectivity index (χ1n) is 7.25. The highest BCUT2D eigenvalue weighted by Crippen LogP contribution is 2.30. The number of hydrogen-bond acceptors (Lipinski definition) is 5. The van der Waals surface area contributed by atoms with E-state index in [0.29, 0.717) is 29.6 Å². The SMILES string of the molecule is NNc1ncc(C(=O)N2CCOC3CCCCC32)cc1Cl. The highest BCUT2D eigenvalue weighted by Gasteiger charge is 2.37. The van der Waals surface area contributed by atoms with E-state index < -0.39 is 0 Å². The molecule has 3 rings (SSSR count). The summed E-state index contributed by atoms with van der Waals surface area (Å²) >= 11 is 6.05. The number of pyridine rings is 1. The fourth-order valence-electron chi connectivity index (χ4n) is 3.18. The van der Waals surface area contributed by atoms with E-state index in [1.807, 2.05) is 4.90 Å². The molecule has 1 aliphatic carbocycles. The summed E-state index contributed by atoms with van der Waals surface area (Å²) in [4.78, 5) is 18.7. The molecule has 0 aromatic carbocycles. The second-order valence-corrected chi connectivity index (χ2v) is 5.87. The Bertz CT molecular complexity index is 538. The van der Waals surface area contributed by atoms with Crippen LogP contribution in [0.4, 0.5) is 5.82 Å². The minimum absolute atomic E-state index is 0.0341. The molecule has 7 heteroatoms. The van der Waals surface area contributed by atoms with Crippen LogP contribution in [0.2, 0.25) is 5.02 Å². The van der Waals surface area contributed by atoms with Gasteiger partial charge in [0.1, 0.15) is 0 Å². The van der Waals surface area contributed by atoms with Gasteiger partial charge in [0.15, 0.2) is 5.82 Å². The third-order valence-corrected chi connectivity index (χ3v) is 4.51. The number of hydrazine groups is 1. The molecule has 2 atom stereocenters. The summed E-state index contributed by atoms with van der Waals surface area (Å²) in [5, 5.41) is 0.344. The first kappa shape index (κ1) is 14.6. The molecule has 114 valence electrons. The lowest BCUT2D eigenvalue weighted by Crippen LogP contribution is -2.54. The number of nitrogens with zero attached hydrogens (tertiary/aromatic N) is 2. The largest absolute Gasteiger partial charge is 0.374 e. The minimum Gasteiger partial charge on any atom is -0.374 e. The van der Waals surface area contributed by atoms with Crippen molar-refractivity contribution in [1.29, 1.82) is 0 Å². The molecular formula is C14H19ClN4O2. The number of nitrogen functional groups attached to an aromatic ring is 1. The summed E-state index contributed by atoms with van der Waals surface area (Å²) in [7, 11) is 0. The zero-order chi connectivity index (χ0) is 14.8. The van der Waals surface area contributed by atoms with E-state index in [-0.39, 0.29) is 18.1 Å². The Kier molecular flexibility index (Phi) is 4.28. The first-order valence-corrected chi connectivity index (χ1v) is 7.63. The van der Waals surface area contributed by atoms with Crippen LogP contribution in [-0.4, -0.2) is 41.1 Å². The predicted octanol–water partition coefficient (Wildman–Crippen LogP) is 1.80. The summed E-state index contributed by atoms with van der Waals surface area (Å²) < 4.78 is 5.80. The number of anilines is 1. The molecule has 0 radical (unpaired) electrons. The van der Waals surface area contributed by atoms with Crippen LogP contribution in [0.25, 0.3) is 0 Å². The molecule has 1 amide bonds. The van der Waals surface area contributed by atoms with Crippen molar-refractivity contribution >= 4 is 23.3 Å². The van der Waals surface area contributed by atoms with Crippen LogP contribution in [0, 0.1) is 0 Å². The maximum Gasteiger partial charge on any atom is 0.255 e. The number of ether oxygens (including phenoxy) is 1. The van der Waals surface area contributed by atoms with Gasteiger partial charge in [-0.1, -0.05) is 24.4 Å². The van der Waals surface area contributed by atoms with Crippen LogP contribution in [-0.2, 0) is 4.74 Å². The lowest BCUT2D eigenvalue weighted by molar-refractivity contribution is -0.0752. The molecule has 21 heavy (non-hydrogen) atoms. The lowest BCUT2D eigenvalue weighted by atomic mass is 9.90. The molecule has 6 nitrogen and oxygen atoms in total. The second-order valence-electron chi connectivity index (χ2n) is 5.46. The Morgan fingerprint density at radius 3 is 3.05 bits per heavy atom. The third kappa shape index (κ3) is 2.84.